The molecule has 1 aliphatic rings. The van der Waals surface area contributed by atoms with Gasteiger partial charge in [0.05, 0.1) is 6.61 Å². The topological polar surface area (TPSA) is 52.3 Å². The fourth-order valence-electron chi connectivity index (χ4n) is 2.80. The molecule has 0 saturated heterocycles. The lowest BCUT2D eigenvalue weighted by Gasteiger charge is -2.26. The lowest BCUT2D eigenvalue weighted by atomic mass is 9.91. The molecule has 1 fully saturated rings. The molecule has 1 rings (SSSR count). The zero-order chi connectivity index (χ0) is 14.1. The van der Waals surface area contributed by atoms with Crippen LogP contribution in [-0.4, -0.2) is 18.1 Å². The molecule has 0 aliphatic heterocycles. The van der Waals surface area contributed by atoms with Crippen LogP contribution >= 0.6 is 0 Å². The fraction of sp³-hybridized carbons (Fsp3) is 0.938. The first kappa shape index (κ1) is 16.5. The van der Waals surface area contributed by atoms with Crippen LogP contribution in [0.3, 0.4) is 0 Å². The highest BCUT2D eigenvalue weighted by molar-refractivity contribution is 5.80. The van der Waals surface area contributed by atoms with Crippen LogP contribution < -0.4 is 5.73 Å². The van der Waals surface area contributed by atoms with Crippen molar-refractivity contribution >= 4 is 5.97 Å². The molecule has 112 valence electrons. The Bertz CT molecular complexity index is 257. The monoisotopic (exact) mass is 269 g/mol. The van der Waals surface area contributed by atoms with Crippen molar-refractivity contribution < 1.29 is 9.53 Å². The van der Waals surface area contributed by atoms with Crippen LogP contribution in [0, 0.1) is 5.92 Å². The second kappa shape index (κ2) is 8.57. The van der Waals surface area contributed by atoms with Gasteiger partial charge < -0.3 is 10.5 Å². The van der Waals surface area contributed by atoms with Crippen molar-refractivity contribution in [3.05, 3.63) is 0 Å². The van der Waals surface area contributed by atoms with Gasteiger partial charge in [0.25, 0.3) is 0 Å². The highest BCUT2D eigenvalue weighted by atomic mass is 16.5. The first-order chi connectivity index (χ1) is 9.12. The van der Waals surface area contributed by atoms with Gasteiger partial charge in [0.1, 0.15) is 5.54 Å². The summed E-state index contributed by atoms with van der Waals surface area (Å²) in [7, 11) is 0. The van der Waals surface area contributed by atoms with Gasteiger partial charge in [-0.15, -0.1) is 0 Å². The zero-order valence-electron chi connectivity index (χ0n) is 12.7. The molecule has 1 aliphatic carbocycles. The average molecular weight is 269 g/mol. The summed E-state index contributed by atoms with van der Waals surface area (Å²) in [6.45, 7) is 4.91. The molecule has 0 heterocycles. The highest BCUT2D eigenvalue weighted by Gasteiger charge is 2.36. The van der Waals surface area contributed by atoms with Gasteiger partial charge in [0.15, 0.2) is 0 Å². The van der Waals surface area contributed by atoms with Crippen LogP contribution in [0.5, 0.6) is 0 Å². The summed E-state index contributed by atoms with van der Waals surface area (Å²) in [5.41, 5.74) is 5.55. The van der Waals surface area contributed by atoms with Gasteiger partial charge in [-0.2, -0.15) is 0 Å². The number of ether oxygens (including phenoxy) is 1. The molecule has 19 heavy (non-hydrogen) atoms. The van der Waals surface area contributed by atoms with E-state index in [4.69, 9.17) is 10.5 Å². The maximum absolute atomic E-state index is 12.2. The summed E-state index contributed by atoms with van der Waals surface area (Å²) in [6.07, 6.45) is 10.7. The Labute approximate surface area is 118 Å². The molecular formula is C16H31NO2. The van der Waals surface area contributed by atoms with E-state index in [-0.39, 0.29) is 5.97 Å². The Kier molecular flexibility index (Phi) is 7.44. The van der Waals surface area contributed by atoms with Gasteiger partial charge in [-0.05, 0) is 25.2 Å². The number of unbranched alkanes of at least 4 members (excludes halogenated alkanes) is 1. The standard InChI is InChI=1S/C16H31NO2/c1-3-5-10-14(4-2)13-19-15(18)16(17)11-8-6-7-9-12-16/h14H,3-13,17H2,1-2H3. The maximum Gasteiger partial charge on any atom is 0.326 e. The van der Waals surface area contributed by atoms with Crippen molar-refractivity contribution in [1.29, 1.82) is 0 Å². The number of hydrogen-bond acceptors (Lipinski definition) is 3. The molecule has 0 radical (unpaired) electrons. The quantitative estimate of drug-likeness (QED) is 0.565. The first-order valence-electron chi connectivity index (χ1n) is 8.08. The van der Waals surface area contributed by atoms with Crippen LogP contribution in [0.2, 0.25) is 0 Å². The molecule has 0 aromatic heterocycles. The summed E-state index contributed by atoms with van der Waals surface area (Å²) < 4.78 is 5.53. The Morgan fingerprint density at radius 2 is 1.84 bits per heavy atom. The van der Waals surface area contributed by atoms with Crippen molar-refractivity contribution in [3.63, 3.8) is 0 Å². The molecule has 3 nitrogen and oxygen atoms in total. The Balaban J connectivity index is 2.39. The minimum atomic E-state index is -0.709. The first-order valence-corrected chi connectivity index (χ1v) is 8.08. The minimum absolute atomic E-state index is 0.163. The summed E-state index contributed by atoms with van der Waals surface area (Å²) in [6, 6.07) is 0. The molecule has 1 atom stereocenters. The van der Waals surface area contributed by atoms with E-state index < -0.39 is 5.54 Å². The predicted molar refractivity (Wildman–Crippen MR) is 78.9 cm³/mol. The van der Waals surface area contributed by atoms with Crippen LogP contribution in [0.15, 0.2) is 0 Å². The number of esters is 1. The second-order valence-corrected chi connectivity index (χ2v) is 6.09. The molecule has 3 heteroatoms. The normalized spacial score (nSPS) is 20.6. The lowest BCUT2D eigenvalue weighted by molar-refractivity contribution is -0.152. The summed E-state index contributed by atoms with van der Waals surface area (Å²) in [4.78, 5) is 12.2. The molecule has 2 N–H and O–H groups in total. The predicted octanol–water partition coefficient (Wildman–Crippen LogP) is 3.80. The van der Waals surface area contributed by atoms with Crippen molar-refractivity contribution in [1.82, 2.24) is 0 Å². The summed E-state index contributed by atoms with van der Waals surface area (Å²) in [5, 5.41) is 0. The molecule has 0 amide bonds. The van der Waals surface area contributed by atoms with E-state index in [1.165, 1.54) is 25.7 Å². The fourth-order valence-corrected chi connectivity index (χ4v) is 2.80. The van der Waals surface area contributed by atoms with Crippen molar-refractivity contribution in [2.75, 3.05) is 6.61 Å². The molecular weight excluding hydrogens is 238 g/mol. The van der Waals surface area contributed by atoms with E-state index in [0.717, 1.165) is 38.5 Å². The largest absolute Gasteiger partial charge is 0.464 e. The van der Waals surface area contributed by atoms with Crippen LogP contribution in [-0.2, 0) is 9.53 Å². The van der Waals surface area contributed by atoms with Crippen LogP contribution in [0.25, 0.3) is 0 Å². The molecule has 0 aromatic carbocycles. The van der Waals surface area contributed by atoms with E-state index >= 15 is 0 Å². The minimum Gasteiger partial charge on any atom is -0.464 e. The van der Waals surface area contributed by atoms with Gasteiger partial charge in [0.2, 0.25) is 0 Å². The Morgan fingerprint density at radius 3 is 2.37 bits per heavy atom. The number of carbonyl (C=O) groups excluding carboxylic acids is 1. The third-order valence-electron chi connectivity index (χ3n) is 4.40. The van der Waals surface area contributed by atoms with Crippen LogP contribution in [0.1, 0.15) is 78.1 Å². The molecule has 1 saturated carbocycles. The number of rotatable bonds is 7. The van der Waals surface area contributed by atoms with Crippen LogP contribution in [0.4, 0.5) is 0 Å². The third-order valence-corrected chi connectivity index (χ3v) is 4.40. The maximum atomic E-state index is 12.2. The van der Waals surface area contributed by atoms with E-state index in [1.54, 1.807) is 0 Å². The SMILES string of the molecule is CCCCC(CC)COC(=O)C1(N)CCCCCC1. The van der Waals surface area contributed by atoms with Gasteiger partial charge in [0, 0.05) is 0 Å². The molecule has 0 aromatic rings. The highest BCUT2D eigenvalue weighted by Crippen LogP contribution is 2.26. The average Bonchev–Trinajstić information content (AvgIpc) is 2.64. The van der Waals surface area contributed by atoms with Gasteiger partial charge in [-0.25, -0.2) is 0 Å². The van der Waals surface area contributed by atoms with Crippen molar-refractivity contribution in [2.24, 2.45) is 11.7 Å². The van der Waals surface area contributed by atoms with E-state index in [1.807, 2.05) is 0 Å². The van der Waals surface area contributed by atoms with Crippen molar-refractivity contribution in [3.8, 4) is 0 Å². The van der Waals surface area contributed by atoms with Gasteiger partial charge in [-0.3, -0.25) is 4.79 Å². The van der Waals surface area contributed by atoms with E-state index in [9.17, 15) is 4.79 Å². The molecule has 0 spiro atoms. The Morgan fingerprint density at radius 1 is 1.21 bits per heavy atom. The lowest BCUT2D eigenvalue weighted by Crippen LogP contribution is -2.49. The second-order valence-electron chi connectivity index (χ2n) is 6.09. The summed E-state index contributed by atoms with van der Waals surface area (Å²) in [5.74, 6) is 0.336. The number of hydrogen-bond donors (Lipinski definition) is 1. The number of nitrogens with two attached hydrogens (primary N) is 1. The number of carbonyl (C=O) groups is 1. The smallest absolute Gasteiger partial charge is 0.326 e. The van der Waals surface area contributed by atoms with Gasteiger partial charge in [-0.1, -0.05) is 58.8 Å². The molecule has 1 unspecified atom stereocenters. The van der Waals surface area contributed by atoms with E-state index in [0.29, 0.717) is 12.5 Å². The van der Waals surface area contributed by atoms with E-state index in [2.05, 4.69) is 13.8 Å². The van der Waals surface area contributed by atoms with Gasteiger partial charge >= 0.3 is 5.97 Å². The molecule has 0 bridgehead atoms. The zero-order valence-corrected chi connectivity index (χ0v) is 12.7. The van der Waals surface area contributed by atoms with Crippen molar-refractivity contribution in [2.45, 2.75) is 83.6 Å². The Hall–Kier alpha value is -0.570. The summed E-state index contributed by atoms with van der Waals surface area (Å²) >= 11 is 0. The third kappa shape index (κ3) is 5.52.